The average molecular weight is 540 g/mol. The molecule has 0 unspecified atom stereocenters. The number of carbonyl (C=O) groups excluding carboxylic acids is 2. The van der Waals surface area contributed by atoms with E-state index < -0.39 is 0 Å². The van der Waals surface area contributed by atoms with Crippen molar-refractivity contribution in [3.63, 3.8) is 0 Å². The van der Waals surface area contributed by atoms with E-state index in [0.717, 1.165) is 71.2 Å². The summed E-state index contributed by atoms with van der Waals surface area (Å²) in [5, 5.41) is 8.47. The largest absolute Gasteiger partial charge is 0.336 e. The summed E-state index contributed by atoms with van der Waals surface area (Å²) in [6.07, 6.45) is 7.03. The standard InChI is InChI=1S/C29H29N7O2S/c1-3-13-34-14-16-35(17-15-34)28(38)20-6-8-22(9-7-20)36-26-23(25(33-36)21-5-4-12-30-18-21)10-11-24-27(26)39-29(32-24)31-19(2)37/h3-9,12,18H,1,10-11,13-17H2,2H3,(H,31,32,37). The number of amides is 2. The molecule has 2 amide bonds. The molecule has 6 rings (SSSR count). The van der Waals surface area contributed by atoms with Crippen LogP contribution in [0.4, 0.5) is 5.13 Å². The van der Waals surface area contributed by atoms with Crippen LogP contribution in [0.1, 0.15) is 28.5 Å². The summed E-state index contributed by atoms with van der Waals surface area (Å²) >= 11 is 1.46. The Labute approximate surface area is 230 Å². The Morgan fingerprint density at radius 1 is 1.10 bits per heavy atom. The first-order chi connectivity index (χ1) is 19.0. The fourth-order valence-corrected chi connectivity index (χ4v) is 6.36. The molecule has 39 heavy (non-hydrogen) atoms. The minimum Gasteiger partial charge on any atom is -0.336 e. The van der Waals surface area contributed by atoms with Crippen LogP contribution in [0.15, 0.2) is 61.4 Å². The Morgan fingerprint density at radius 3 is 2.59 bits per heavy atom. The molecule has 0 bridgehead atoms. The zero-order valence-corrected chi connectivity index (χ0v) is 22.6. The number of aryl methyl sites for hydroxylation is 1. The number of hydrogen-bond donors (Lipinski definition) is 1. The highest BCUT2D eigenvalue weighted by molar-refractivity contribution is 7.19. The lowest BCUT2D eigenvalue weighted by Gasteiger charge is -2.34. The van der Waals surface area contributed by atoms with E-state index in [0.29, 0.717) is 23.8 Å². The van der Waals surface area contributed by atoms with Crippen molar-refractivity contribution in [3.05, 3.63) is 78.3 Å². The molecule has 0 saturated carbocycles. The van der Waals surface area contributed by atoms with E-state index in [-0.39, 0.29) is 11.8 Å². The molecule has 1 aromatic carbocycles. The SMILES string of the molecule is C=CCN1CCN(C(=O)c2ccc(-n3nc(-c4cccnc4)c4c3-c3sc(NC(C)=O)nc3CC4)cc2)CC1. The number of nitrogens with zero attached hydrogens (tertiary/aromatic N) is 6. The monoisotopic (exact) mass is 539 g/mol. The predicted octanol–water partition coefficient (Wildman–Crippen LogP) is 4.06. The van der Waals surface area contributed by atoms with Crippen LogP contribution in [-0.2, 0) is 17.6 Å². The molecule has 1 aliphatic heterocycles. The molecule has 1 N–H and O–H groups in total. The molecule has 4 heterocycles. The van der Waals surface area contributed by atoms with E-state index in [9.17, 15) is 9.59 Å². The van der Waals surface area contributed by atoms with Crippen LogP contribution in [0.2, 0.25) is 0 Å². The molecule has 1 aliphatic carbocycles. The molecule has 198 valence electrons. The van der Waals surface area contributed by atoms with Gasteiger partial charge in [-0.15, -0.1) is 6.58 Å². The lowest BCUT2D eigenvalue weighted by molar-refractivity contribution is -0.114. The molecule has 0 radical (unpaired) electrons. The van der Waals surface area contributed by atoms with Gasteiger partial charge in [0.05, 0.1) is 27.6 Å². The van der Waals surface area contributed by atoms with Gasteiger partial charge in [0.1, 0.15) is 0 Å². The molecule has 0 atom stereocenters. The number of benzene rings is 1. The van der Waals surface area contributed by atoms with E-state index in [4.69, 9.17) is 5.10 Å². The van der Waals surface area contributed by atoms with Gasteiger partial charge in [0.2, 0.25) is 5.91 Å². The highest BCUT2D eigenvalue weighted by atomic mass is 32.1. The Kier molecular flexibility index (Phi) is 6.80. The van der Waals surface area contributed by atoms with Crippen molar-refractivity contribution >= 4 is 28.3 Å². The maximum absolute atomic E-state index is 13.2. The third kappa shape index (κ3) is 4.88. The van der Waals surface area contributed by atoms with Gasteiger partial charge in [0, 0.05) is 68.7 Å². The lowest BCUT2D eigenvalue weighted by Crippen LogP contribution is -2.48. The number of nitrogens with one attached hydrogen (secondary N) is 1. The maximum atomic E-state index is 13.2. The van der Waals surface area contributed by atoms with Gasteiger partial charge in [-0.05, 0) is 49.2 Å². The molecule has 1 fully saturated rings. The van der Waals surface area contributed by atoms with Crippen LogP contribution < -0.4 is 5.32 Å². The number of pyridine rings is 1. The normalized spacial score (nSPS) is 14.9. The topological polar surface area (TPSA) is 96.3 Å². The molecule has 9 nitrogen and oxygen atoms in total. The van der Waals surface area contributed by atoms with Gasteiger partial charge in [-0.1, -0.05) is 17.4 Å². The van der Waals surface area contributed by atoms with Gasteiger partial charge in [0.25, 0.3) is 5.91 Å². The Balaban J connectivity index is 1.35. The molecule has 10 heteroatoms. The molecule has 2 aliphatic rings. The van der Waals surface area contributed by atoms with Crippen molar-refractivity contribution in [2.75, 3.05) is 38.0 Å². The van der Waals surface area contributed by atoms with Crippen LogP contribution in [0.5, 0.6) is 0 Å². The van der Waals surface area contributed by atoms with E-state index >= 15 is 0 Å². The highest BCUT2D eigenvalue weighted by Gasteiger charge is 2.30. The zero-order chi connectivity index (χ0) is 26.9. The molecule has 3 aromatic heterocycles. The first-order valence-electron chi connectivity index (χ1n) is 13.0. The van der Waals surface area contributed by atoms with Crippen molar-refractivity contribution in [3.8, 4) is 27.5 Å². The van der Waals surface area contributed by atoms with E-state index in [2.05, 4.69) is 26.8 Å². The molecule has 0 spiro atoms. The number of fused-ring (bicyclic) bond motifs is 3. The van der Waals surface area contributed by atoms with Crippen LogP contribution in [0.3, 0.4) is 0 Å². The van der Waals surface area contributed by atoms with Gasteiger partial charge < -0.3 is 10.2 Å². The summed E-state index contributed by atoms with van der Waals surface area (Å²) in [6, 6.07) is 11.6. The third-order valence-corrected chi connectivity index (χ3v) is 8.15. The Hall–Kier alpha value is -4.15. The number of piperazine rings is 1. The number of anilines is 1. The van der Waals surface area contributed by atoms with Crippen LogP contribution in [-0.4, -0.2) is 74.1 Å². The van der Waals surface area contributed by atoms with E-state index in [1.165, 1.54) is 18.3 Å². The second kappa shape index (κ2) is 10.5. The second-order valence-corrected chi connectivity index (χ2v) is 10.7. The summed E-state index contributed by atoms with van der Waals surface area (Å²) < 4.78 is 1.94. The van der Waals surface area contributed by atoms with Gasteiger partial charge in [-0.25, -0.2) is 9.67 Å². The number of carbonyl (C=O) groups is 2. The number of aromatic nitrogens is 4. The first-order valence-corrected chi connectivity index (χ1v) is 13.9. The van der Waals surface area contributed by atoms with Gasteiger partial charge in [-0.3, -0.25) is 19.5 Å². The zero-order valence-electron chi connectivity index (χ0n) is 21.8. The Bertz CT molecular complexity index is 1530. The second-order valence-electron chi connectivity index (χ2n) is 9.73. The first kappa shape index (κ1) is 25.1. The van der Waals surface area contributed by atoms with E-state index in [1.54, 1.807) is 6.20 Å². The summed E-state index contributed by atoms with van der Waals surface area (Å²) in [5.41, 5.74) is 6.41. The highest BCUT2D eigenvalue weighted by Crippen LogP contribution is 2.44. The molecule has 4 aromatic rings. The van der Waals surface area contributed by atoms with E-state index in [1.807, 2.05) is 58.3 Å². The number of thiazole rings is 1. The number of rotatable bonds is 6. The fraction of sp³-hybridized carbons (Fsp3) is 0.276. The predicted molar refractivity (Wildman–Crippen MR) is 152 cm³/mol. The minimum absolute atomic E-state index is 0.0445. The summed E-state index contributed by atoms with van der Waals surface area (Å²) in [6.45, 7) is 9.26. The lowest BCUT2D eigenvalue weighted by atomic mass is 9.95. The maximum Gasteiger partial charge on any atom is 0.253 e. The van der Waals surface area contributed by atoms with Gasteiger partial charge in [-0.2, -0.15) is 5.10 Å². The van der Waals surface area contributed by atoms with Crippen molar-refractivity contribution in [1.82, 2.24) is 29.5 Å². The van der Waals surface area contributed by atoms with Crippen molar-refractivity contribution in [2.24, 2.45) is 0 Å². The van der Waals surface area contributed by atoms with Gasteiger partial charge >= 0.3 is 0 Å². The average Bonchev–Trinajstić information content (AvgIpc) is 3.54. The summed E-state index contributed by atoms with van der Waals surface area (Å²) in [5.74, 6) is -0.101. The molecular formula is C29H29N7O2S. The summed E-state index contributed by atoms with van der Waals surface area (Å²) in [4.78, 5) is 39.1. The number of hydrogen-bond acceptors (Lipinski definition) is 7. The molecule has 1 saturated heterocycles. The van der Waals surface area contributed by atoms with Gasteiger partial charge in [0.15, 0.2) is 5.13 Å². The van der Waals surface area contributed by atoms with Crippen LogP contribution in [0, 0.1) is 0 Å². The van der Waals surface area contributed by atoms with Crippen LogP contribution in [0.25, 0.3) is 27.5 Å². The van der Waals surface area contributed by atoms with Crippen molar-refractivity contribution in [1.29, 1.82) is 0 Å². The van der Waals surface area contributed by atoms with Crippen LogP contribution >= 0.6 is 11.3 Å². The minimum atomic E-state index is -0.145. The summed E-state index contributed by atoms with van der Waals surface area (Å²) in [7, 11) is 0. The smallest absolute Gasteiger partial charge is 0.253 e. The van der Waals surface area contributed by atoms with Crippen molar-refractivity contribution in [2.45, 2.75) is 19.8 Å². The molecular weight excluding hydrogens is 510 g/mol. The fourth-order valence-electron chi connectivity index (χ4n) is 5.24. The van der Waals surface area contributed by atoms with Crippen molar-refractivity contribution < 1.29 is 9.59 Å². The quantitative estimate of drug-likeness (QED) is 0.371. The Morgan fingerprint density at radius 2 is 1.90 bits per heavy atom. The third-order valence-electron chi connectivity index (χ3n) is 7.13.